The van der Waals surface area contributed by atoms with E-state index in [0.29, 0.717) is 6.04 Å². The minimum absolute atomic E-state index is 0.601. The molecule has 2 nitrogen and oxygen atoms in total. The number of benzene rings is 1. The normalized spacial score (nSPS) is 28.9. The van der Waals surface area contributed by atoms with Gasteiger partial charge >= 0.3 is 0 Å². The summed E-state index contributed by atoms with van der Waals surface area (Å²) < 4.78 is 0. The zero-order chi connectivity index (χ0) is 12.4. The van der Waals surface area contributed by atoms with Crippen molar-refractivity contribution < 1.29 is 0 Å². The predicted molar refractivity (Wildman–Crippen MR) is 75.5 cm³/mol. The number of nitrogens with one attached hydrogen (secondary N) is 1. The lowest BCUT2D eigenvalue weighted by atomic mass is 9.90. The van der Waals surface area contributed by atoms with Crippen LogP contribution in [0.15, 0.2) is 24.3 Å². The van der Waals surface area contributed by atoms with Crippen LogP contribution in [-0.2, 0) is 6.54 Å². The summed E-state index contributed by atoms with van der Waals surface area (Å²) in [4.78, 5) is 2.71. The summed E-state index contributed by atoms with van der Waals surface area (Å²) in [5.74, 6) is 0.910. The molecule has 1 fully saturated rings. The second-order valence-electron chi connectivity index (χ2n) is 5.76. The van der Waals surface area contributed by atoms with E-state index < -0.39 is 0 Å². The van der Waals surface area contributed by atoms with Crippen LogP contribution in [-0.4, -0.2) is 24.5 Å². The number of hydrogen-bond acceptors (Lipinski definition) is 2. The number of nitrogens with zero attached hydrogens (tertiary/aromatic N) is 1. The predicted octanol–water partition coefficient (Wildman–Crippen LogP) is 2.95. The molecule has 18 heavy (non-hydrogen) atoms. The lowest BCUT2D eigenvalue weighted by Crippen LogP contribution is -2.44. The Bertz CT molecular complexity index is 402. The molecule has 0 saturated carbocycles. The van der Waals surface area contributed by atoms with Gasteiger partial charge in [-0.3, -0.25) is 4.90 Å². The highest BCUT2D eigenvalue weighted by molar-refractivity contribution is 5.32. The molecule has 0 bridgehead atoms. The summed E-state index contributed by atoms with van der Waals surface area (Å²) in [7, 11) is 0. The molecule has 2 aliphatic rings. The van der Waals surface area contributed by atoms with Crippen LogP contribution in [0.4, 0.5) is 0 Å². The van der Waals surface area contributed by atoms with E-state index in [0.717, 1.165) is 19.0 Å². The van der Waals surface area contributed by atoms with E-state index in [4.69, 9.17) is 0 Å². The Labute approximate surface area is 110 Å². The molecule has 2 heteroatoms. The molecule has 2 atom stereocenters. The van der Waals surface area contributed by atoms with Crippen LogP contribution in [0.5, 0.6) is 0 Å². The standard InChI is InChI=1S/C16H24N2/c1-2-13-6-5-9-18(12-13)16-11-17-10-14-7-3-4-8-15(14)16/h3-4,7-8,13,16-17H,2,5-6,9-12H2,1H3. The maximum atomic E-state index is 3.58. The highest BCUT2D eigenvalue weighted by Crippen LogP contribution is 2.31. The van der Waals surface area contributed by atoms with Gasteiger partial charge in [-0.05, 0) is 36.4 Å². The van der Waals surface area contributed by atoms with E-state index in [2.05, 4.69) is 41.4 Å². The van der Waals surface area contributed by atoms with E-state index in [1.807, 2.05) is 0 Å². The molecule has 1 N–H and O–H groups in total. The molecule has 1 aromatic rings. The lowest BCUT2D eigenvalue weighted by molar-refractivity contribution is 0.114. The average Bonchev–Trinajstić information content (AvgIpc) is 2.47. The number of fused-ring (bicyclic) bond motifs is 1. The Kier molecular flexibility index (Phi) is 3.67. The third-order valence-electron chi connectivity index (χ3n) is 4.64. The van der Waals surface area contributed by atoms with Gasteiger partial charge in [-0.15, -0.1) is 0 Å². The molecular formula is C16H24N2. The minimum Gasteiger partial charge on any atom is -0.311 e. The van der Waals surface area contributed by atoms with Crippen molar-refractivity contribution in [3.63, 3.8) is 0 Å². The van der Waals surface area contributed by atoms with Gasteiger partial charge in [-0.25, -0.2) is 0 Å². The van der Waals surface area contributed by atoms with Gasteiger partial charge in [0.05, 0.1) is 0 Å². The van der Waals surface area contributed by atoms with Gasteiger partial charge in [0, 0.05) is 25.7 Å². The lowest BCUT2D eigenvalue weighted by Gasteiger charge is -2.41. The highest BCUT2D eigenvalue weighted by Gasteiger charge is 2.28. The molecule has 0 aromatic heterocycles. The Morgan fingerprint density at radius 1 is 1.33 bits per heavy atom. The van der Waals surface area contributed by atoms with Crippen LogP contribution < -0.4 is 5.32 Å². The van der Waals surface area contributed by atoms with Crippen molar-refractivity contribution in [1.82, 2.24) is 10.2 Å². The first-order valence-corrected chi connectivity index (χ1v) is 7.41. The average molecular weight is 244 g/mol. The van der Waals surface area contributed by atoms with Crippen molar-refractivity contribution in [2.24, 2.45) is 5.92 Å². The van der Waals surface area contributed by atoms with Crippen molar-refractivity contribution in [1.29, 1.82) is 0 Å². The van der Waals surface area contributed by atoms with Crippen LogP contribution in [0.1, 0.15) is 43.4 Å². The first-order chi connectivity index (χ1) is 8.88. The van der Waals surface area contributed by atoms with E-state index >= 15 is 0 Å². The fourth-order valence-corrected chi connectivity index (χ4v) is 3.51. The van der Waals surface area contributed by atoms with E-state index in [9.17, 15) is 0 Å². The van der Waals surface area contributed by atoms with E-state index in [1.54, 1.807) is 5.56 Å². The summed E-state index contributed by atoms with van der Waals surface area (Å²) in [6.07, 6.45) is 4.13. The van der Waals surface area contributed by atoms with Crippen molar-refractivity contribution >= 4 is 0 Å². The van der Waals surface area contributed by atoms with Crippen molar-refractivity contribution in [2.45, 2.75) is 38.8 Å². The summed E-state index contributed by atoms with van der Waals surface area (Å²) in [5, 5.41) is 3.58. The summed E-state index contributed by atoms with van der Waals surface area (Å²) in [6.45, 7) is 7.06. The molecule has 98 valence electrons. The molecule has 2 heterocycles. The molecule has 3 rings (SSSR count). The van der Waals surface area contributed by atoms with Gasteiger partial charge < -0.3 is 5.32 Å². The molecule has 0 spiro atoms. The molecule has 1 saturated heterocycles. The van der Waals surface area contributed by atoms with E-state index in [-0.39, 0.29) is 0 Å². The van der Waals surface area contributed by atoms with Crippen molar-refractivity contribution in [3.05, 3.63) is 35.4 Å². The fourth-order valence-electron chi connectivity index (χ4n) is 3.51. The SMILES string of the molecule is CCC1CCCN(C2CNCc3ccccc32)C1. The van der Waals surface area contributed by atoms with Crippen LogP contribution in [0.2, 0.25) is 0 Å². The Morgan fingerprint density at radius 2 is 2.22 bits per heavy atom. The quantitative estimate of drug-likeness (QED) is 0.860. The summed E-state index contributed by atoms with van der Waals surface area (Å²) in [5.41, 5.74) is 3.06. The van der Waals surface area contributed by atoms with E-state index in [1.165, 1.54) is 37.9 Å². The highest BCUT2D eigenvalue weighted by atomic mass is 15.2. The Balaban J connectivity index is 1.80. The van der Waals surface area contributed by atoms with Gasteiger partial charge in [0.25, 0.3) is 0 Å². The first-order valence-electron chi connectivity index (χ1n) is 7.41. The molecule has 2 unspecified atom stereocenters. The third kappa shape index (κ3) is 2.32. The van der Waals surface area contributed by atoms with Crippen molar-refractivity contribution in [3.8, 4) is 0 Å². The monoisotopic (exact) mass is 244 g/mol. The first kappa shape index (κ1) is 12.2. The van der Waals surface area contributed by atoms with Crippen molar-refractivity contribution in [2.75, 3.05) is 19.6 Å². The largest absolute Gasteiger partial charge is 0.311 e. The maximum Gasteiger partial charge on any atom is 0.0476 e. The zero-order valence-corrected chi connectivity index (χ0v) is 11.4. The van der Waals surface area contributed by atoms with Crippen LogP contribution in [0.25, 0.3) is 0 Å². The molecule has 0 amide bonds. The van der Waals surface area contributed by atoms with Gasteiger partial charge in [0.1, 0.15) is 0 Å². The second-order valence-corrected chi connectivity index (χ2v) is 5.76. The van der Waals surface area contributed by atoms with Crippen LogP contribution in [0, 0.1) is 5.92 Å². The number of piperidine rings is 1. The summed E-state index contributed by atoms with van der Waals surface area (Å²) >= 11 is 0. The van der Waals surface area contributed by atoms with Crippen LogP contribution in [0.3, 0.4) is 0 Å². The molecule has 0 aliphatic carbocycles. The van der Waals surface area contributed by atoms with Gasteiger partial charge in [-0.2, -0.15) is 0 Å². The zero-order valence-electron chi connectivity index (χ0n) is 11.4. The third-order valence-corrected chi connectivity index (χ3v) is 4.64. The number of hydrogen-bond donors (Lipinski definition) is 1. The molecular weight excluding hydrogens is 220 g/mol. The number of rotatable bonds is 2. The molecule has 2 aliphatic heterocycles. The fraction of sp³-hybridized carbons (Fsp3) is 0.625. The minimum atomic E-state index is 0.601. The van der Waals surface area contributed by atoms with Crippen LogP contribution >= 0.6 is 0 Å². The number of likely N-dealkylation sites (tertiary alicyclic amines) is 1. The van der Waals surface area contributed by atoms with Gasteiger partial charge in [0.15, 0.2) is 0 Å². The maximum absolute atomic E-state index is 3.58. The molecule has 0 radical (unpaired) electrons. The summed E-state index contributed by atoms with van der Waals surface area (Å²) in [6, 6.07) is 9.56. The molecule has 1 aromatic carbocycles. The Hall–Kier alpha value is -0.860. The van der Waals surface area contributed by atoms with Gasteiger partial charge in [0.2, 0.25) is 0 Å². The Morgan fingerprint density at radius 3 is 3.11 bits per heavy atom. The second kappa shape index (κ2) is 5.41. The topological polar surface area (TPSA) is 15.3 Å². The van der Waals surface area contributed by atoms with Gasteiger partial charge in [-0.1, -0.05) is 37.6 Å². The smallest absolute Gasteiger partial charge is 0.0476 e.